The number of nitrogens with two attached hydrogens (primary N) is 1. The number of piperidine rings is 1. The second-order valence-electron chi connectivity index (χ2n) is 3.13. The van der Waals surface area contributed by atoms with Crippen LogP contribution in [0.25, 0.3) is 0 Å². The standard InChI is InChI=1S/C8H14N2O/c1-10-4-2-7(3-5-10)8(9)6-11/h7H,2-5,9H2,1H3. The Bertz CT molecular complexity index is 177. The van der Waals surface area contributed by atoms with Gasteiger partial charge in [-0.1, -0.05) is 0 Å². The Hall–Kier alpha value is -0.790. The quantitative estimate of drug-likeness (QED) is 0.541. The van der Waals surface area contributed by atoms with Gasteiger partial charge in [0.1, 0.15) is 5.94 Å². The lowest BCUT2D eigenvalue weighted by atomic mass is 9.95. The van der Waals surface area contributed by atoms with Crippen molar-refractivity contribution in [2.24, 2.45) is 11.7 Å². The van der Waals surface area contributed by atoms with Gasteiger partial charge < -0.3 is 10.6 Å². The summed E-state index contributed by atoms with van der Waals surface area (Å²) in [5.41, 5.74) is 5.87. The number of carbonyl (C=O) groups excluding carboxylic acids is 1. The highest BCUT2D eigenvalue weighted by Crippen LogP contribution is 2.18. The lowest BCUT2D eigenvalue weighted by molar-refractivity contribution is 0.238. The number of likely N-dealkylation sites (tertiary alicyclic amines) is 1. The SMILES string of the molecule is CN1CCC(C(N)=C=O)CC1. The van der Waals surface area contributed by atoms with Gasteiger partial charge in [-0.3, -0.25) is 0 Å². The van der Waals surface area contributed by atoms with E-state index in [2.05, 4.69) is 11.9 Å². The summed E-state index contributed by atoms with van der Waals surface area (Å²) in [6.07, 6.45) is 2.00. The van der Waals surface area contributed by atoms with E-state index >= 15 is 0 Å². The maximum absolute atomic E-state index is 10.2. The van der Waals surface area contributed by atoms with Crippen molar-refractivity contribution in [3.63, 3.8) is 0 Å². The molecule has 0 spiro atoms. The van der Waals surface area contributed by atoms with Crippen LogP contribution in [0, 0.1) is 5.92 Å². The van der Waals surface area contributed by atoms with Crippen LogP contribution in [0.3, 0.4) is 0 Å². The average molecular weight is 154 g/mol. The van der Waals surface area contributed by atoms with E-state index in [1.54, 1.807) is 5.94 Å². The van der Waals surface area contributed by atoms with E-state index in [9.17, 15) is 4.79 Å². The number of allylic oxidation sites excluding steroid dienone is 1. The largest absolute Gasteiger partial charge is 0.393 e. The molecule has 0 aromatic rings. The Labute approximate surface area is 66.9 Å². The summed E-state index contributed by atoms with van der Waals surface area (Å²) in [5.74, 6) is 2.06. The molecule has 0 aromatic carbocycles. The van der Waals surface area contributed by atoms with Gasteiger partial charge in [0.05, 0.1) is 5.70 Å². The third-order valence-corrected chi connectivity index (χ3v) is 2.28. The van der Waals surface area contributed by atoms with Crippen molar-refractivity contribution < 1.29 is 4.79 Å². The van der Waals surface area contributed by atoms with Gasteiger partial charge in [-0.2, -0.15) is 0 Å². The van der Waals surface area contributed by atoms with Gasteiger partial charge in [-0.15, -0.1) is 0 Å². The Kier molecular flexibility index (Phi) is 2.69. The fourth-order valence-electron chi connectivity index (χ4n) is 1.40. The Balaban J connectivity index is 2.45. The van der Waals surface area contributed by atoms with Crippen molar-refractivity contribution in [3.8, 4) is 0 Å². The van der Waals surface area contributed by atoms with E-state index in [-0.39, 0.29) is 5.92 Å². The number of rotatable bonds is 1. The molecule has 1 aliphatic rings. The number of nitrogens with zero attached hydrogens (tertiary/aromatic N) is 1. The fourth-order valence-corrected chi connectivity index (χ4v) is 1.40. The van der Waals surface area contributed by atoms with Crippen molar-refractivity contribution in [3.05, 3.63) is 5.70 Å². The lowest BCUT2D eigenvalue weighted by Crippen LogP contribution is -2.32. The van der Waals surface area contributed by atoms with Crippen LogP contribution in [0.15, 0.2) is 5.70 Å². The van der Waals surface area contributed by atoms with Crippen LogP contribution >= 0.6 is 0 Å². The van der Waals surface area contributed by atoms with Gasteiger partial charge in [0.25, 0.3) is 0 Å². The summed E-state index contributed by atoms with van der Waals surface area (Å²) in [6.45, 7) is 2.07. The number of hydrogen-bond acceptors (Lipinski definition) is 3. The molecule has 0 atom stereocenters. The Morgan fingerprint density at radius 1 is 1.55 bits per heavy atom. The highest BCUT2D eigenvalue weighted by atomic mass is 16.1. The van der Waals surface area contributed by atoms with Gasteiger partial charge in [-0.05, 0) is 33.0 Å². The van der Waals surface area contributed by atoms with Gasteiger partial charge in [0.2, 0.25) is 0 Å². The molecule has 3 nitrogen and oxygen atoms in total. The van der Waals surface area contributed by atoms with Crippen LogP contribution in [0.1, 0.15) is 12.8 Å². The van der Waals surface area contributed by atoms with Crippen LogP contribution in [-0.4, -0.2) is 31.0 Å². The molecule has 1 aliphatic heterocycles. The molecule has 1 heterocycles. The Morgan fingerprint density at radius 2 is 2.09 bits per heavy atom. The van der Waals surface area contributed by atoms with Gasteiger partial charge in [0.15, 0.2) is 0 Å². The van der Waals surface area contributed by atoms with E-state index in [0.29, 0.717) is 5.70 Å². The summed E-state index contributed by atoms with van der Waals surface area (Å²) >= 11 is 0. The molecule has 1 saturated heterocycles. The smallest absolute Gasteiger partial charge is 0.145 e. The van der Waals surface area contributed by atoms with Crippen molar-refractivity contribution in [1.29, 1.82) is 0 Å². The number of hydrogen-bond donors (Lipinski definition) is 1. The van der Waals surface area contributed by atoms with Crippen molar-refractivity contribution >= 4 is 5.94 Å². The monoisotopic (exact) mass is 154 g/mol. The molecule has 0 saturated carbocycles. The second kappa shape index (κ2) is 3.56. The van der Waals surface area contributed by atoms with E-state index in [1.807, 2.05) is 0 Å². The van der Waals surface area contributed by atoms with Crippen LogP contribution in [0.2, 0.25) is 0 Å². The summed E-state index contributed by atoms with van der Waals surface area (Å²) in [5, 5.41) is 0. The molecule has 0 aromatic heterocycles. The third-order valence-electron chi connectivity index (χ3n) is 2.28. The zero-order valence-corrected chi connectivity index (χ0v) is 6.84. The van der Waals surface area contributed by atoms with E-state index in [4.69, 9.17) is 5.73 Å². The van der Waals surface area contributed by atoms with Crippen LogP contribution in [0.5, 0.6) is 0 Å². The summed E-state index contributed by atoms with van der Waals surface area (Å²) in [6, 6.07) is 0. The molecular weight excluding hydrogens is 140 g/mol. The van der Waals surface area contributed by atoms with Crippen molar-refractivity contribution in [1.82, 2.24) is 4.90 Å². The molecule has 1 fully saturated rings. The fraction of sp³-hybridized carbons (Fsp3) is 0.750. The molecule has 0 amide bonds. The normalized spacial score (nSPS) is 21.2. The first kappa shape index (κ1) is 8.31. The molecule has 3 heteroatoms. The average Bonchev–Trinajstić information content (AvgIpc) is 2.05. The van der Waals surface area contributed by atoms with Crippen LogP contribution in [-0.2, 0) is 4.79 Å². The lowest BCUT2D eigenvalue weighted by Gasteiger charge is -2.27. The highest BCUT2D eigenvalue weighted by Gasteiger charge is 2.18. The highest BCUT2D eigenvalue weighted by molar-refractivity contribution is 5.51. The summed E-state index contributed by atoms with van der Waals surface area (Å²) in [4.78, 5) is 12.4. The molecule has 0 radical (unpaired) electrons. The van der Waals surface area contributed by atoms with Crippen molar-refractivity contribution in [2.45, 2.75) is 12.8 Å². The summed E-state index contributed by atoms with van der Waals surface area (Å²) in [7, 11) is 2.08. The summed E-state index contributed by atoms with van der Waals surface area (Å²) < 4.78 is 0. The topological polar surface area (TPSA) is 46.3 Å². The van der Waals surface area contributed by atoms with Gasteiger partial charge >= 0.3 is 0 Å². The second-order valence-corrected chi connectivity index (χ2v) is 3.13. The van der Waals surface area contributed by atoms with Gasteiger partial charge in [-0.25, -0.2) is 4.79 Å². The Morgan fingerprint density at radius 3 is 2.55 bits per heavy atom. The van der Waals surface area contributed by atoms with Crippen LogP contribution in [0.4, 0.5) is 0 Å². The van der Waals surface area contributed by atoms with E-state index in [0.717, 1.165) is 25.9 Å². The minimum Gasteiger partial charge on any atom is -0.393 e. The first-order valence-corrected chi connectivity index (χ1v) is 3.93. The third kappa shape index (κ3) is 2.07. The molecule has 0 unspecified atom stereocenters. The predicted octanol–water partition coefficient (Wildman–Crippen LogP) is 0.00240. The van der Waals surface area contributed by atoms with Crippen LogP contribution < -0.4 is 5.73 Å². The maximum Gasteiger partial charge on any atom is 0.145 e. The van der Waals surface area contributed by atoms with E-state index in [1.165, 1.54) is 0 Å². The molecule has 62 valence electrons. The molecule has 0 aliphatic carbocycles. The first-order chi connectivity index (χ1) is 5.24. The first-order valence-electron chi connectivity index (χ1n) is 3.93. The van der Waals surface area contributed by atoms with Gasteiger partial charge in [0, 0.05) is 5.92 Å². The minimum atomic E-state index is 0.281. The minimum absolute atomic E-state index is 0.281. The predicted molar refractivity (Wildman–Crippen MR) is 43.6 cm³/mol. The molecule has 11 heavy (non-hydrogen) atoms. The zero-order chi connectivity index (χ0) is 8.27. The molecule has 2 N–H and O–H groups in total. The molecule has 0 bridgehead atoms. The van der Waals surface area contributed by atoms with Crippen molar-refractivity contribution in [2.75, 3.05) is 20.1 Å². The maximum atomic E-state index is 10.2. The molecular formula is C8H14N2O. The molecule has 1 rings (SSSR count). The van der Waals surface area contributed by atoms with E-state index < -0.39 is 0 Å². The zero-order valence-electron chi connectivity index (χ0n) is 6.84.